The van der Waals surface area contributed by atoms with Crippen LogP contribution in [0.5, 0.6) is 0 Å². The van der Waals surface area contributed by atoms with Gasteiger partial charge >= 0.3 is 11.9 Å². The predicted molar refractivity (Wildman–Crippen MR) is 169 cm³/mol. The zero-order valence-electron chi connectivity index (χ0n) is 28.7. The number of carbonyl (C=O) groups excluding carboxylic acids is 2. The highest BCUT2D eigenvalue weighted by Gasteiger charge is 2.60. The predicted octanol–water partition coefficient (Wildman–Crippen LogP) is 5.01. The number of aliphatic hydroxyl groups excluding tert-OH is 3. The van der Waals surface area contributed by atoms with Gasteiger partial charge < -0.3 is 29.5 Å². The molecule has 0 aromatic rings. The summed E-state index contributed by atoms with van der Waals surface area (Å²) in [6, 6.07) is 0. The van der Waals surface area contributed by atoms with E-state index in [-0.39, 0.29) is 30.7 Å². The molecule has 0 amide bonds. The first-order valence-electron chi connectivity index (χ1n) is 17.7. The van der Waals surface area contributed by atoms with Crippen molar-refractivity contribution < 1.29 is 48.9 Å². The largest absolute Gasteiger partial charge is 0.460 e. The highest BCUT2D eigenvalue weighted by Crippen LogP contribution is 2.67. The lowest BCUT2D eigenvalue weighted by Gasteiger charge is -2.59. The van der Waals surface area contributed by atoms with Crippen molar-refractivity contribution in [3.8, 4) is 0 Å². The van der Waals surface area contributed by atoms with Crippen molar-refractivity contribution in [2.24, 2.45) is 40.4 Å². The molecule has 0 bridgehead atoms. The number of carbonyl (C=O) groups is 2. The molecule has 1 saturated heterocycles. The Labute approximate surface area is 274 Å². The zero-order chi connectivity index (χ0) is 33.4. The zero-order valence-corrected chi connectivity index (χ0v) is 28.7. The van der Waals surface area contributed by atoms with Gasteiger partial charge in [0.05, 0.1) is 19.3 Å². The lowest BCUT2D eigenvalue weighted by molar-refractivity contribution is -0.381. The number of hydrogen-bond donors (Lipinski definition) is 3. The second-order valence-electron chi connectivity index (χ2n) is 16.0. The number of allylic oxidation sites excluding steroid dienone is 1. The van der Waals surface area contributed by atoms with Crippen molar-refractivity contribution in [2.45, 2.75) is 148 Å². The van der Waals surface area contributed by atoms with Crippen LogP contribution in [-0.4, -0.2) is 76.8 Å². The van der Waals surface area contributed by atoms with E-state index in [2.05, 4.69) is 24.8 Å². The quantitative estimate of drug-likeness (QED) is 0.121. The van der Waals surface area contributed by atoms with E-state index < -0.39 is 36.2 Å². The third-order valence-corrected chi connectivity index (χ3v) is 12.7. The fraction of sp³-hybridized carbons (Fsp3) is 0.889. The van der Waals surface area contributed by atoms with Crippen molar-refractivity contribution in [3.05, 3.63) is 11.6 Å². The standard InChI is InChI=1S/C36H58O10/c1-21(8-7-15-34(4,5)44-22(2)38)27-11-12-28-26-10-9-24-18-25(13-17-36(24,20-37)29(26)14-16-35(27,28)6)43-33-32(46-45-23(3)39)31(41)30(40)19-42-33/h9,21,25-33,37,40-41H,7-8,10-20H2,1-6H3/t21-,25+,26+,27-,28+,29+,30-,31-,32+,33+,35-,36-/m1/s1. The van der Waals surface area contributed by atoms with Gasteiger partial charge in [-0.15, -0.1) is 0 Å². The van der Waals surface area contributed by atoms with Crippen LogP contribution < -0.4 is 0 Å². The Hall–Kier alpha value is -1.56. The first-order valence-corrected chi connectivity index (χ1v) is 17.7. The Kier molecular flexibility index (Phi) is 11.0. The number of fused-ring (bicyclic) bond motifs is 5. The SMILES string of the molecule is CC(=O)OO[C@@H]1[C@H](O[C@H]2CC[C@@]3(CO)C(=CC[C@@H]4[C@@H]3CC[C@]3(C)[C@@H]([C@H](C)CCCC(C)(C)OC(C)=O)CC[C@@H]43)C2)OC[C@@H](O)[C@H]1O. The van der Waals surface area contributed by atoms with Gasteiger partial charge in [-0.25, -0.2) is 4.79 Å². The second kappa shape index (κ2) is 14.1. The number of ether oxygens (including phenoxy) is 3. The van der Waals surface area contributed by atoms with Crippen LogP contribution in [0.1, 0.15) is 112 Å². The Morgan fingerprint density at radius 3 is 2.54 bits per heavy atom. The van der Waals surface area contributed by atoms with Crippen molar-refractivity contribution in [1.29, 1.82) is 0 Å². The van der Waals surface area contributed by atoms with Gasteiger partial charge in [0.15, 0.2) is 12.4 Å². The van der Waals surface area contributed by atoms with E-state index in [0.717, 1.165) is 44.9 Å². The van der Waals surface area contributed by atoms with Crippen molar-refractivity contribution in [2.75, 3.05) is 13.2 Å². The minimum absolute atomic E-state index is 0.114. The van der Waals surface area contributed by atoms with Gasteiger partial charge in [0.1, 0.15) is 17.8 Å². The van der Waals surface area contributed by atoms with Crippen LogP contribution in [0.3, 0.4) is 0 Å². The molecule has 1 aliphatic heterocycles. The molecule has 4 fully saturated rings. The summed E-state index contributed by atoms with van der Waals surface area (Å²) in [6.07, 6.45) is 8.62. The van der Waals surface area contributed by atoms with Crippen molar-refractivity contribution in [3.63, 3.8) is 0 Å². The molecule has 0 aromatic heterocycles. The number of esters is 1. The summed E-state index contributed by atoms with van der Waals surface area (Å²) in [6.45, 7) is 11.7. The maximum Gasteiger partial charge on any atom is 0.339 e. The molecule has 10 heteroatoms. The molecular formula is C36H58O10. The molecule has 3 saturated carbocycles. The van der Waals surface area contributed by atoms with Crippen LogP contribution in [0.25, 0.3) is 0 Å². The van der Waals surface area contributed by atoms with Gasteiger partial charge in [-0.05, 0) is 113 Å². The normalized spacial score (nSPS) is 41.4. The van der Waals surface area contributed by atoms with E-state index in [1.165, 1.54) is 38.7 Å². The Morgan fingerprint density at radius 2 is 1.85 bits per heavy atom. The van der Waals surface area contributed by atoms with E-state index >= 15 is 0 Å². The lowest BCUT2D eigenvalue weighted by atomic mass is 9.46. The van der Waals surface area contributed by atoms with Gasteiger partial charge in [-0.3, -0.25) is 9.68 Å². The summed E-state index contributed by atoms with van der Waals surface area (Å²) in [7, 11) is 0. The Bertz CT molecular complexity index is 1120. The average Bonchev–Trinajstić information content (AvgIpc) is 3.35. The summed E-state index contributed by atoms with van der Waals surface area (Å²) < 4.78 is 17.5. The molecule has 0 spiro atoms. The van der Waals surface area contributed by atoms with Gasteiger partial charge in [-0.2, -0.15) is 4.89 Å². The molecule has 262 valence electrons. The molecule has 0 radical (unpaired) electrons. The van der Waals surface area contributed by atoms with Gasteiger partial charge in [-0.1, -0.05) is 31.9 Å². The summed E-state index contributed by atoms with van der Waals surface area (Å²) in [4.78, 5) is 32.7. The molecular weight excluding hydrogens is 592 g/mol. The van der Waals surface area contributed by atoms with Crippen LogP contribution in [0.2, 0.25) is 0 Å². The third-order valence-electron chi connectivity index (χ3n) is 12.7. The average molecular weight is 651 g/mol. The first-order chi connectivity index (χ1) is 21.7. The number of aliphatic hydroxyl groups is 3. The molecule has 0 unspecified atom stereocenters. The molecule has 5 rings (SSSR count). The Morgan fingerprint density at radius 1 is 1.09 bits per heavy atom. The van der Waals surface area contributed by atoms with Gasteiger partial charge in [0, 0.05) is 19.3 Å². The summed E-state index contributed by atoms with van der Waals surface area (Å²) >= 11 is 0. The van der Waals surface area contributed by atoms with E-state index in [4.69, 9.17) is 19.1 Å². The van der Waals surface area contributed by atoms with E-state index in [9.17, 15) is 24.9 Å². The maximum atomic E-state index is 11.5. The lowest BCUT2D eigenvalue weighted by Crippen LogP contribution is -2.57. The second-order valence-corrected chi connectivity index (χ2v) is 16.0. The highest BCUT2D eigenvalue weighted by molar-refractivity contribution is 5.66. The minimum Gasteiger partial charge on any atom is -0.460 e. The van der Waals surface area contributed by atoms with E-state index in [1.54, 1.807) is 0 Å². The van der Waals surface area contributed by atoms with Gasteiger partial charge in [0.25, 0.3) is 0 Å². The van der Waals surface area contributed by atoms with Crippen LogP contribution in [0, 0.1) is 40.4 Å². The molecule has 5 aliphatic rings. The van der Waals surface area contributed by atoms with Crippen molar-refractivity contribution >= 4 is 11.9 Å². The molecule has 4 aliphatic carbocycles. The summed E-state index contributed by atoms with van der Waals surface area (Å²) in [5.41, 5.74) is 0.901. The molecule has 1 heterocycles. The first kappa shape index (κ1) is 35.7. The third kappa shape index (κ3) is 7.08. The minimum atomic E-state index is -1.32. The molecule has 3 N–H and O–H groups in total. The van der Waals surface area contributed by atoms with Crippen LogP contribution in [0.4, 0.5) is 0 Å². The molecule has 0 aromatic carbocycles. The van der Waals surface area contributed by atoms with Crippen LogP contribution in [-0.2, 0) is 33.6 Å². The van der Waals surface area contributed by atoms with Crippen LogP contribution >= 0.6 is 0 Å². The summed E-state index contributed by atoms with van der Waals surface area (Å²) in [5.74, 6) is 2.06. The topological polar surface area (TPSA) is 141 Å². The maximum absolute atomic E-state index is 11.5. The molecule has 46 heavy (non-hydrogen) atoms. The van der Waals surface area contributed by atoms with E-state index in [0.29, 0.717) is 41.4 Å². The fourth-order valence-corrected chi connectivity index (χ4v) is 10.6. The Balaban J connectivity index is 1.23. The smallest absolute Gasteiger partial charge is 0.339 e. The number of rotatable bonds is 11. The summed E-state index contributed by atoms with van der Waals surface area (Å²) in [5, 5.41) is 31.6. The van der Waals surface area contributed by atoms with Gasteiger partial charge in [0.2, 0.25) is 0 Å². The van der Waals surface area contributed by atoms with Crippen molar-refractivity contribution in [1.82, 2.24) is 0 Å². The highest BCUT2D eigenvalue weighted by atomic mass is 17.2. The number of hydrogen-bond acceptors (Lipinski definition) is 10. The molecule has 12 atom stereocenters. The van der Waals surface area contributed by atoms with E-state index in [1.807, 2.05) is 13.8 Å². The molecule has 10 nitrogen and oxygen atoms in total. The fourth-order valence-electron chi connectivity index (χ4n) is 10.6. The monoisotopic (exact) mass is 650 g/mol. The van der Waals surface area contributed by atoms with Crippen LogP contribution in [0.15, 0.2) is 11.6 Å².